The van der Waals surface area contributed by atoms with Crippen molar-refractivity contribution in [3.8, 4) is 5.69 Å². The Hall–Kier alpha value is -2.55. The van der Waals surface area contributed by atoms with Gasteiger partial charge in [0, 0.05) is 41.9 Å². The number of carbonyl (C=O) groups excluding carboxylic acids is 2. The number of nitrogens with zero attached hydrogens (tertiary/aromatic N) is 5. The molecule has 32 heavy (non-hydrogen) atoms. The third kappa shape index (κ3) is 3.12. The van der Waals surface area contributed by atoms with E-state index in [2.05, 4.69) is 10.2 Å². The van der Waals surface area contributed by atoms with Crippen molar-refractivity contribution in [2.75, 3.05) is 13.1 Å². The lowest BCUT2D eigenvalue weighted by molar-refractivity contribution is -0.153. The van der Waals surface area contributed by atoms with Gasteiger partial charge in [0.2, 0.25) is 5.91 Å². The molecule has 168 valence electrons. The number of hydrogen-bond acceptors (Lipinski definition) is 4. The number of halogens is 3. The molecule has 2 aromatic rings. The van der Waals surface area contributed by atoms with Crippen LogP contribution in [-0.2, 0) is 22.7 Å². The third-order valence-electron chi connectivity index (χ3n) is 7.24. The predicted molar refractivity (Wildman–Crippen MR) is 110 cm³/mol. The van der Waals surface area contributed by atoms with Gasteiger partial charge in [0.1, 0.15) is 5.82 Å². The van der Waals surface area contributed by atoms with Crippen LogP contribution < -0.4 is 0 Å². The number of amides is 2. The Morgan fingerprint density at radius 2 is 1.84 bits per heavy atom. The maximum Gasteiger partial charge on any atom is 0.315 e. The van der Waals surface area contributed by atoms with Crippen LogP contribution in [0, 0.1) is 11.3 Å². The number of likely N-dealkylation sites (tertiary alicyclic amines) is 1. The molecule has 2 amide bonds. The molecule has 2 aliphatic heterocycles. The number of hydrogen-bond donors (Lipinski definition) is 0. The van der Waals surface area contributed by atoms with Gasteiger partial charge in [-0.25, -0.2) is 0 Å². The molecule has 4 aliphatic rings. The summed E-state index contributed by atoms with van der Waals surface area (Å²) in [5, 5.41) is 9.16. The van der Waals surface area contributed by atoms with E-state index in [0.717, 1.165) is 55.2 Å². The van der Waals surface area contributed by atoms with Gasteiger partial charge in [0.05, 0.1) is 12.2 Å². The quantitative estimate of drug-likeness (QED) is 0.704. The summed E-state index contributed by atoms with van der Waals surface area (Å²) in [4.78, 5) is 27.4. The van der Waals surface area contributed by atoms with E-state index >= 15 is 0 Å². The van der Waals surface area contributed by atoms with Gasteiger partial charge in [-0.2, -0.15) is 8.78 Å². The SMILES string of the molecule is O=C(C(F)F)N1Cc2cc(Cl)ccc2-n2c(nnc2C2CC3(C2)CN(C(=O)C2CC2)C3)C1. The van der Waals surface area contributed by atoms with Crippen LogP contribution in [0.15, 0.2) is 18.2 Å². The van der Waals surface area contributed by atoms with Crippen molar-refractivity contribution in [3.63, 3.8) is 0 Å². The maximum absolute atomic E-state index is 13.2. The molecule has 1 saturated heterocycles. The molecule has 2 aliphatic carbocycles. The highest BCUT2D eigenvalue weighted by molar-refractivity contribution is 6.30. The zero-order valence-electron chi connectivity index (χ0n) is 17.3. The molecule has 0 radical (unpaired) electrons. The van der Waals surface area contributed by atoms with E-state index in [1.807, 2.05) is 15.5 Å². The van der Waals surface area contributed by atoms with Gasteiger partial charge < -0.3 is 9.80 Å². The lowest BCUT2D eigenvalue weighted by Gasteiger charge is -2.58. The van der Waals surface area contributed by atoms with Crippen molar-refractivity contribution in [2.45, 2.75) is 51.1 Å². The Balaban J connectivity index is 1.27. The highest BCUT2D eigenvalue weighted by Crippen LogP contribution is 2.56. The van der Waals surface area contributed by atoms with Crippen LogP contribution in [0.1, 0.15) is 48.8 Å². The minimum atomic E-state index is -3.09. The smallest absolute Gasteiger partial charge is 0.315 e. The molecule has 3 fully saturated rings. The van der Waals surface area contributed by atoms with E-state index in [4.69, 9.17) is 11.6 Å². The molecular weight excluding hydrogens is 440 g/mol. The molecule has 1 aromatic heterocycles. The molecular formula is C22H22ClF2N5O2. The van der Waals surface area contributed by atoms with Crippen LogP contribution in [0.2, 0.25) is 5.02 Å². The summed E-state index contributed by atoms with van der Waals surface area (Å²) in [7, 11) is 0. The standard InChI is InChI=1S/C22H22ClF2N5O2/c23-15-3-4-16-13(5-15)8-28(21(32)18(24)25)9-17-26-27-19(30(16)17)14-6-22(7-14)10-29(11-22)20(31)12-1-2-12/h3-5,12,14,18H,1-2,6-11H2. The average molecular weight is 462 g/mol. The predicted octanol–water partition coefficient (Wildman–Crippen LogP) is 3.14. The number of rotatable bonds is 3. The van der Waals surface area contributed by atoms with Crippen LogP contribution in [0.4, 0.5) is 8.78 Å². The Morgan fingerprint density at radius 1 is 1.09 bits per heavy atom. The molecule has 0 bridgehead atoms. The Bertz CT molecular complexity index is 1120. The van der Waals surface area contributed by atoms with Crippen molar-refractivity contribution in [1.29, 1.82) is 0 Å². The second-order valence-electron chi connectivity index (χ2n) is 9.65. The summed E-state index contributed by atoms with van der Waals surface area (Å²) in [6, 6.07) is 5.28. The first-order valence-electron chi connectivity index (χ1n) is 10.9. The molecule has 0 unspecified atom stereocenters. The highest BCUT2D eigenvalue weighted by Gasteiger charge is 2.56. The van der Waals surface area contributed by atoms with Crippen molar-refractivity contribution >= 4 is 23.4 Å². The molecule has 0 atom stereocenters. The van der Waals surface area contributed by atoms with E-state index in [1.54, 1.807) is 12.1 Å². The average Bonchev–Trinajstić information content (AvgIpc) is 3.49. The number of fused-ring (bicyclic) bond motifs is 3. The van der Waals surface area contributed by atoms with Crippen molar-refractivity contribution in [3.05, 3.63) is 40.4 Å². The van der Waals surface area contributed by atoms with E-state index < -0.39 is 12.3 Å². The van der Waals surface area contributed by atoms with Crippen molar-refractivity contribution in [2.24, 2.45) is 11.3 Å². The summed E-state index contributed by atoms with van der Waals surface area (Å²) >= 11 is 6.17. The molecule has 6 rings (SSSR count). The molecule has 3 heterocycles. The highest BCUT2D eigenvalue weighted by atomic mass is 35.5. The van der Waals surface area contributed by atoms with Gasteiger partial charge in [0.15, 0.2) is 5.82 Å². The monoisotopic (exact) mass is 461 g/mol. The molecule has 1 aromatic carbocycles. The molecule has 1 spiro atoms. The third-order valence-corrected chi connectivity index (χ3v) is 7.48. The first-order valence-corrected chi connectivity index (χ1v) is 11.3. The van der Waals surface area contributed by atoms with E-state index in [0.29, 0.717) is 22.3 Å². The van der Waals surface area contributed by atoms with Crippen molar-refractivity contribution < 1.29 is 18.4 Å². The van der Waals surface area contributed by atoms with Gasteiger partial charge in [-0.1, -0.05) is 11.6 Å². The van der Waals surface area contributed by atoms with E-state index in [-0.39, 0.29) is 30.3 Å². The minimum absolute atomic E-state index is 0.0364. The van der Waals surface area contributed by atoms with E-state index in [9.17, 15) is 18.4 Å². The Kier molecular flexibility index (Phi) is 4.38. The second-order valence-corrected chi connectivity index (χ2v) is 10.1. The summed E-state index contributed by atoms with van der Waals surface area (Å²) in [5.41, 5.74) is 1.62. The molecule has 0 N–H and O–H groups in total. The number of benzene rings is 1. The molecule has 7 nitrogen and oxygen atoms in total. The minimum Gasteiger partial charge on any atom is -0.341 e. The van der Waals surface area contributed by atoms with Crippen LogP contribution >= 0.6 is 11.6 Å². The Morgan fingerprint density at radius 3 is 2.53 bits per heavy atom. The summed E-state index contributed by atoms with van der Waals surface area (Å²) in [5.74, 6) is 0.743. The summed E-state index contributed by atoms with van der Waals surface area (Å²) < 4.78 is 28.2. The van der Waals surface area contributed by atoms with Gasteiger partial charge in [-0.15, -0.1) is 10.2 Å². The molecule has 2 saturated carbocycles. The first-order chi connectivity index (χ1) is 15.3. The number of aromatic nitrogens is 3. The normalized spacial score (nSPS) is 21.6. The number of alkyl halides is 2. The maximum atomic E-state index is 13.2. The largest absolute Gasteiger partial charge is 0.341 e. The van der Waals surface area contributed by atoms with Crippen molar-refractivity contribution in [1.82, 2.24) is 24.6 Å². The summed E-state index contributed by atoms with van der Waals surface area (Å²) in [6.45, 7) is 1.62. The van der Waals surface area contributed by atoms with Crippen LogP contribution in [0.3, 0.4) is 0 Å². The van der Waals surface area contributed by atoms with Crippen LogP contribution in [-0.4, -0.2) is 55.9 Å². The lowest BCUT2D eigenvalue weighted by Crippen LogP contribution is -2.63. The lowest BCUT2D eigenvalue weighted by atomic mass is 9.57. The fourth-order valence-electron chi connectivity index (χ4n) is 5.52. The van der Waals surface area contributed by atoms with E-state index in [1.165, 1.54) is 0 Å². The van der Waals surface area contributed by atoms with Gasteiger partial charge in [0.25, 0.3) is 5.91 Å². The first kappa shape index (κ1) is 20.1. The number of carbonyl (C=O) groups is 2. The van der Waals surface area contributed by atoms with Gasteiger partial charge in [-0.3, -0.25) is 14.2 Å². The zero-order valence-corrected chi connectivity index (χ0v) is 18.1. The zero-order chi connectivity index (χ0) is 22.2. The van der Waals surface area contributed by atoms with Crippen LogP contribution in [0.25, 0.3) is 5.69 Å². The fraction of sp³-hybridized carbons (Fsp3) is 0.545. The summed E-state index contributed by atoms with van der Waals surface area (Å²) in [6.07, 6.45) is 0.791. The fourth-order valence-corrected chi connectivity index (χ4v) is 5.71. The van der Waals surface area contributed by atoms with Gasteiger partial charge >= 0.3 is 6.43 Å². The van der Waals surface area contributed by atoms with Gasteiger partial charge in [-0.05, 0) is 49.4 Å². The topological polar surface area (TPSA) is 71.3 Å². The Labute approximate surface area is 188 Å². The molecule has 10 heteroatoms. The second kappa shape index (κ2) is 6.97. The van der Waals surface area contributed by atoms with Crippen LogP contribution in [0.5, 0.6) is 0 Å².